The lowest BCUT2D eigenvalue weighted by Crippen LogP contribution is -2.24. The summed E-state index contributed by atoms with van der Waals surface area (Å²) in [6.07, 6.45) is 16.7. The van der Waals surface area contributed by atoms with Gasteiger partial charge in [-0.05, 0) is 35.7 Å². The molecule has 30 heavy (non-hydrogen) atoms. The second kappa shape index (κ2) is 15.6. The van der Waals surface area contributed by atoms with E-state index in [0.717, 1.165) is 42.7 Å². The molecular formula is C26H39N3O. The zero-order valence-electron chi connectivity index (χ0n) is 18.7. The first-order valence-corrected chi connectivity index (χ1v) is 11.8. The average molecular weight is 410 g/mol. The molecule has 0 unspecified atom stereocenters. The van der Waals surface area contributed by atoms with E-state index in [-0.39, 0.29) is 5.91 Å². The van der Waals surface area contributed by atoms with E-state index in [4.69, 9.17) is 0 Å². The zero-order chi connectivity index (χ0) is 21.3. The Labute approximate surface area is 182 Å². The van der Waals surface area contributed by atoms with Crippen molar-refractivity contribution >= 4 is 5.91 Å². The summed E-state index contributed by atoms with van der Waals surface area (Å²) in [6.45, 7) is 4.52. The highest BCUT2D eigenvalue weighted by molar-refractivity contribution is 5.94. The van der Waals surface area contributed by atoms with Crippen molar-refractivity contribution in [3.8, 4) is 0 Å². The van der Waals surface area contributed by atoms with Crippen molar-refractivity contribution in [2.24, 2.45) is 0 Å². The van der Waals surface area contributed by atoms with Gasteiger partial charge in [0.2, 0.25) is 0 Å². The highest BCUT2D eigenvalue weighted by Gasteiger charge is 2.05. The highest BCUT2D eigenvalue weighted by atomic mass is 16.1. The maximum Gasteiger partial charge on any atom is 0.251 e. The molecule has 0 bridgehead atoms. The van der Waals surface area contributed by atoms with Crippen molar-refractivity contribution < 1.29 is 4.79 Å². The van der Waals surface area contributed by atoms with Crippen LogP contribution in [0.25, 0.3) is 0 Å². The van der Waals surface area contributed by atoms with Crippen LogP contribution < -0.4 is 10.6 Å². The van der Waals surface area contributed by atoms with Gasteiger partial charge in [-0.2, -0.15) is 0 Å². The Morgan fingerprint density at radius 1 is 0.833 bits per heavy atom. The van der Waals surface area contributed by atoms with Crippen molar-refractivity contribution in [1.29, 1.82) is 0 Å². The molecule has 2 N–H and O–H groups in total. The molecule has 164 valence electrons. The first-order valence-electron chi connectivity index (χ1n) is 11.8. The Hall–Kier alpha value is -2.20. The molecule has 1 amide bonds. The van der Waals surface area contributed by atoms with Crippen LogP contribution in [0.5, 0.6) is 0 Å². The lowest BCUT2D eigenvalue weighted by atomic mass is 10.1. The summed E-state index contributed by atoms with van der Waals surface area (Å²) in [5.74, 6) is 0.0278. The second-order valence-corrected chi connectivity index (χ2v) is 8.10. The van der Waals surface area contributed by atoms with Crippen molar-refractivity contribution in [3.63, 3.8) is 0 Å². The molecule has 0 spiro atoms. The lowest BCUT2D eigenvalue weighted by molar-refractivity contribution is 0.0953. The molecule has 1 aromatic carbocycles. The summed E-state index contributed by atoms with van der Waals surface area (Å²) >= 11 is 0. The zero-order valence-corrected chi connectivity index (χ0v) is 18.7. The Morgan fingerprint density at radius 3 is 2.20 bits per heavy atom. The van der Waals surface area contributed by atoms with Crippen LogP contribution in [0.2, 0.25) is 0 Å². The van der Waals surface area contributed by atoms with E-state index in [1.807, 2.05) is 30.5 Å². The molecule has 0 radical (unpaired) electrons. The summed E-state index contributed by atoms with van der Waals surface area (Å²) in [4.78, 5) is 16.5. The Bertz CT molecular complexity index is 702. The molecule has 0 atom stereocenters. The van der Waals surface area contributed by atoms with Crippen LogP contribution in [0.1, 0.15) is 92.6 Å². The van der Waals surface area contributed by atoms with Gasteiger partial charge in [-0.25, -0.2) is 0 Å². The summed E-state index contributed by atoms with van der Waals surface area (Å²) in [7, 11) is 0. The van der Waals surface area contributed by atoms with Gasteiger partial charge >= 0.3 is 0 Å². The third-order valence-electron chi connectivity index (χ3n) is 5.39. The van der Waals surface area contributed by atoms with E-state index in [1.165, 1.54) is 57.8 Å². The molecular weight excluding hydrogens is 370 g/mol. The fraction of sp³-hybridized carbons (Fsp3) is 0.538. The van der Waals surface area contributed by atoms with Crippen LogP contribution >= 0.6 is 0 Å². The molecule has 0 aliphatic carbocycles. The molecule has 0 fully saturated rings. The van der Waals surface area contributed by atoms with Crippen LogP contribution in [-0.2, 0) is 13.1 Å². The van der Waals surface area contributed by atoms with Crippen LogP contribution in [0.3, 0.4) is 0 Å². The summed E-state index contributed by atoms with van der Waals surface area (Å²) in [5, 5.41) is 6.47. The van der Waals surface area contributed by atoms with Gasteiger partial charge in [-0.3, -0.25) is 9.78 Å². The van der Waals surface area contributed by atoms with E-state index in [9.17, 15) is 4.79 Å². The maximum absolute atomic E-state index is 12.4. The van der Waals surface area contributed by atoms with Gasteiger partial charge in [0.1, 0.15) is 0 Å². The van der Waals surface area contributed by atoms with Gasteiger partial charge in [0, 0.05) is 37.6 Å². The minimum absolute atomic E-state index is 0.0278. The monoisotopic (exact) mass is 409 g/mol. The minimum atomic E-state index is 0.0278. The van der Waals surface area contributed by atoms with E-state index in [2.05, 4.69) is 34.7 Å². The van der Waals surface area contributed by atoms with Gasteiger partial charge in [0.25, 0.3) is 5.91 Å². The molecule has 1 heterocycles. The Balaban J connectivity index is 1.55. The van der Waals surface area contributed by atoms with E-state index in [1.54, 1.807) is 6.20 Å². The molecule has 4 heteroatoms. The topological polar surface area (TPSA) is 54.0 Å². The highest BCUT2D eigenvalue weighted by Crippen LogP contribution is 2.10. The molecule has 0 aliphatic heterocycles. The summed E-state index contributed by atoms with van der Waals surface area (Å²) in [5.41, 5.74) is 3.01. The van der Waals surface area contributed by atoms with Gasteiger partial charge in [-0.1, -0.05) is 82.9 Å². The van der Waals surface area contributed by atoms with Crippen LogP contribution in [0, 0.1) is 0 Å². The SMILES string of the molecule is CCCCCCCCCCCCNC(=O)c1cccc(CNCc2cccnc2)c1. The van der Waals surface area contributed by atoms with Crippen molar-refractivity contribution in [1.82, 2.24) is 15.6 Å². The van der Waals surface area contributed by atoms with Gasteiger partial charge in [-0.15, -0.1) is 0 Å². The van der Waals surface area contributed by atoms with Crippen molar-refractivity contribution in [3.05, 3.63) is 65.5 Å². The quantitative estimate of drug-likeness (QED) is 0.333. The standard InChI is InChI=1S/C26H39N3O/c1-2-3-4-5-6-7-8-9-10-11-18-29-26(30)25-16-12-14-23(19-25)20-28-22-24-15-13-17-27-21-24/h12-17,19,21,28H,2-11,18,20,22H2,1H3,(H,29,30). The molecule has 0 aliphatic rings. The lowest BCUT2D eigenvalue weighted by Gasteiger charge is -2.08. The Morgan fingerprint density at radius 2 is 1.50 bits per heavy atom. The summed E-state index contributed by atoms with van der Waals surface area (Å²) < 4.78 is 0. The fourth-order valence-corrected chi connectivity index (χ4v) is 3.59. The number of benzene rings is 1. The number of nitrogens with zero attached hydrogens (tertiary/aromatic N) is 1. The molecule has 4 nitrogen and oxygen atoms in total. The van der Waals surface area contributed by atoms with E-state index >= 15 is 0 Å². The van der Waals surface area contributed by atoms with Crippen LogP contribution in [-0.4, -0.2) is 17.4 Å². The normalized spacial score (nSPS) is 10.8. The van der Waals surface area contributed by atoms with E-state index in [0.29, 0.717) is 0 Å². The van der Waals surface area contributed by atoms with Crippen molar-refractivity contribution in [2.45, 2.75) is 84.2 Å². The second-order valence-electron chi connectivity index (χ2n) is 8.10. The first-order chi connectivity index (χ1) is 14.8. The number of rotatable bonds is 16. The largest absolute Gasteiger partial charge is 0.352 e. The number of hydrogen-bond donors (Lipinski definition) is 2. The van der Waals surface area contributed by atoms with E-state index < -0.39 is 0 Å². The third kappa shape index (κ3) is 10.5. The number of aromatic nitrogens is 1. The van der Waals surface area contributed by atoms with Crippen LogP contribution in [0.15, 0.2) is 48.8 Å². The average Bonchev–Trinajstić information content (AvgIpc) is 2.78. The van der Waals surface area contributed by atoms with Crippen LogP contribution in [0.4, 0.5) is 0 Å². The van der Waals surface area contributed by atoms with Gasteiger partial charge in [0.05, 0.1) is 0 Å². The molecule has 2 rings (SSSR count). The fourth-order valence-electron chi connectivity index (χ4n) is 3.59. The van der Waals surface area contributed by atoms with Gasteiger partial charge in [0.15, 0.2) is 0 Å². The summed E-state index contributed by atoms with van der Waals surface area (Å²) in [6, 6.07) is 11.9. The number of pyridine rings is 1. The molecule has 0 saturated heterocycles. The predicted octanol–water partition coefficient (Wildman–Crippen LogP) is 6.02. The number of nitrogens with one attached hydrogen (secondary N) is 2. The number of amides is 1. The number of carbonyl (C=O) groups is 1. The number of unbranched alkanes of at least 4 members (excludes halogenated alkanes) is 9. The minimum Gasteiger partial charge on any atom is -0.352 e. The van der Waals surface area contributed by atoms with Crippen molar-refractivity contribution in [2.75, 3.05) is 6.54 Å². The van der Waals surface area contributed by atoms with Gasteiger partial charge < -0.3 is 10.6 Å². The number of hydrogen-bond acceptors (Lipinski definition) is 3. The molecule has 0 saturated carbocycles. The predicted molar refractivity (Wildman–Crippen MR) is 125 cm³/mol. The number of carbonyl (C=O) groups excluding carboxylic acids is 1. The maximum atomic E-state index is 12.4. The smallest absolute Gasteiger partial charge is 0.251 e. The molecule has 1 aromatic heterocycles. The Kier molecular flexibility index (Phi) is 12.5. The first kappa shape index (κ1) is 24.1. The third-order valence-corrected chi connectivity index (χ3v) is 5.39. The molecule has 2 aromatic rings.